The Morgan fingerprint density at radius 1 is 1.36 bits per heavy atom. The Morgan fingerprint density at radius 3 is 2.82 bits per heavy atom. The summed E-state index contributed by atoms with van der Waals surface area (Å²) in [5.74, 6) is 0.0311. The minimum absolute atomic E-state index is 0.0371. The van der Waals surface area contributed by atoms with Crippen LogP contribution in [0.3, 0.4) is 0 Å². The van der Waals surface area contributed by atoms with Gasteiger partial charge in [-0.2, -0.15) is 5.10 Å². The van der Waals surface area contributed by atoms with E-state index in [-0.39, 0.29) is 16.6 Å². The molecule has 178 valence electrons. The number of allylic oxidation sites excluding steroid dienone is 3. The van der Waals surface area contributed by atoms with Crippen molar-refractivity contribution >= 4 is 23.5 Å². The molecule has 4 rings (SSSR count). The monoisotopic (exact) mass is 473 g/mol. The largest absolute Gasteiger partial charge is 0.388 e. The number of hydrogen-bond acceptors (Lipinski definition) is 5. The highest BCUT2D eigenvalue weighted by Gasteiger charge is 2.48. The number of nitrogens with zero attached hydrogens (tertiary/aromatic N) is 3. The van der Waals surface area contributed by atoms with Gasteiger partial charge in [0.1, 0.15) is 17.2 Å². The molecule has 2 aromatic rings. The van der Waals surface area contributed by atoms with Crippen LogP contribution in [-0.4, -0.2) is 51.1 Å². The molecule has 1 aliphatic carbocycles. The predicted molar refractivity (Wildman–Crippen MR) is 132 cm³/mol. The molecule has 1 fully saturated rings. The van der Waals surface area contributed by atoms with Crippen LogP contribution in [0.25, 0.3) is 17.5 Å². The topological polar surface area (TPSA) is 77.1 Å². The number of H-pyrrole nitrogens is 1. The van der Waals surface area contributed by atoms with Crippen molar-refractivity contribution in [1.82, 2.24) is 20.5 Å². The van der Waals surface area contributed by atoms with Crippen molar-refractivity contribution in [3.8, 4) is 11.4 Å². The molecule has 2 aromatic heterocycles. The quantitative estimate of drug-likeness (QED) is 0.584. The van der Waals surface area contributed by atoms with E-state index in [1.807, 2.05) is 44.7 Å². The third kappa shape index (κ3) is 4.22. The van der Waals surface area contributed by atoms with Crippen LogP contribution < -0.4 is 10.2 Å². The van der Waals surface area contributed by atoms with E-state index in [9.17, 15) is 5.11 Å². The predicted octanol–water partition coefficient (Wildman–Crippen LogP) is 4.75. The van der Waals surface area contributed by atoms with Crippen LogP contribution in [0.1, 0.15) is 52.3 Å². The lowest BCUT2D eigenvalue weighted by atomic mass is 9.73. The number of piperazine rings is 1. The summed E-state index contributed by atoms with van der Waals surface area (Å²) in [6, 6.07) is 1.32. The maximum atomic E-state index is 15.1. The van der Waals surface area contributed by atoms with Gasteiger partial charge in [-0.1, -0.05) is 56.2 Å². The summed E-state index contributed by atoms with van der Waals surface area (Å²) < 4.78 is 15.1. The first-order valence-electron chi connectivity index (χ1n) is 11.6. The molecule has 0 radical (unpaired) electrons. The molecule has 0 spiro atoms. The Bertz CT molecular complexity index is 1110. The summed E-state index contributed by atoms with van der Waals surface area (Å²) >= 11 is 6.50. The summed E-state index contributed by atoms with van der Waals surface area (Å²) in [6.07, 6.45) is 7.71. The molecule has 8 heteroatoms. The van der Waals surface area contributed by atoms with Crippen molar-refractivity contribution in [3.05, 3.63) is 45.9 Å². The number of aromatic amines is 1. The lowest BCUT2D eigenvalue weighted by Gasteiger charge is -2.51. The molecule has 0 aromatic carbocycles. The number of fused-ring (bicyclic) bond motifs is 1. The number of aromatic nitrogens is 3. The fourth-order valence-electron chi connectivity index (χ4n) is 4.68. The minimum atomic E-state index is -0.963. The zero-order chi connectivity index (χ0) is 24.0. The molecule has 0 saturated carbocycles. The van der Waals surface area contributed by atoms with Gasteiger partial charge in [-0.05, 0) is 32.3 Å². The van der Waals surface area contributed by atoms with Crippen LogP contribution in [0, 0.1) is 11.7 Å². The highest BCUT2D eigenvalue weighted by atomic mass is 35.5. The highest BCUT2D eigenvalue weighted by Crippen LogP contribution is 2.37. The number of anilines is 1. The van der Waals surface area contributed by atoms with E-state index in [2.05, 4.69) is 33.5 Å². The Morgan fingerprint density at radius 2 is 2.12 bits per heavy atom. The average molecular weight is 474 g/mol. The number of hydrogen-bond donors (Lipinski definition) is 3. The van der Waals surface area contributed by atoms with Crippen molar-refractivity contribution in [2.24, 2.45) is 5.92 Å². The fourth-order valence-corrected chi connectivity index (χ4v) is 4.93. The molecule has 2 aliphatic rings. The molecular formula is C25H33ClFN5O. The van der Waals surface area contributed by atoms with E-state index >= 15 is 4.39 Å². The zero-order valence-corrected chi connectivity index (χ0v) is 20.7. The van der Waals surface area contributed by atoms with Crippen LogP contribution in [0.4, 0.5) is 10.2 Å². The number of pyridine rings is 1. The lowest BCUT2D eigenvalue weighted by molar-refractivity contribution is -0.0672. The molecule has 2 unspecified atom stereocenters. The SMILES string of the molecule is CCC1=CC=Cc2c(-c3nc(N4CCNC(C)(C(C)(O)C(C)C)C4)c(Cl)cc3F)n[nH]c2C1. The Labute approximate surface area is 199 Å². The third-order valence-electron chi connectivity index (χ3n) is 7.42. The van der Waals surface area contributed by atoms with Crippen LogP contribution in [-0.2, 0) is 6.42 Å². The van der Waals surface area contributed by atoms with Crippen LogP contribution >= 0.6 is 11.6 Å². The lowest BCUT2D eigenvalue weighted by Crippen LogP contribution is -2.70. The van der Waals surface area contributed by atoms with Crippen LogP contribution in [0.2, 0.25) is 5.02 Å². The van der Waals surface area contributed by atoms with Gasteiger partial charge in [0.15, 0.2) is 5.82 Å². The van der Waals surface area contributed by atoms with Crippen molar-refractivity contribution in [2.75, 3.05) is 24.5 Å². The highest BCUT2D eigenvalue weighted by molar-refractivity contribution is 6.33. The van der Waals surface area contributed by atoms with E-state index in [0.717, 1.165) is 24.1 Å². The zero-order valence-electron chi connectivity index (χ0n) is 20.0. The molecule has 3 heterocycles. The number of rotatable bonds is 5. The van der Waals surface area contributed by atoms with E-state index in [1.165, 1.54) is 11.6 Å². The van der Waals surface area contributed by atoms with E-state index in [4.69, 9.17) is 11.6 Å². The molecule has 1 aliphatic heterocycles. The maximum Gasteiger partial charge on any atom is 0.152 e. The first kappa shape index (κ1) is 23.9. The maximum absolute atomic E-state index is 15.1. The Hall–Kier alpha value is -2.22. The Balaban J connectivity index is 1.72. The van der Waals surface area contributed by atoms with Crippen molar-refractivity contribution < 1.29 is 9.50 Å². The van der Waals surface area contributed by atoms with Gasteiger partial charge in [-0.15, -0.1) is 0 Å². The number of halogens is 2. The molecule has 33 heavy (non-hydrogen) atoms. The second kappa shape index (κ2) is 8.85. The van der Waals surface area contributed by atoms with Gasteiger partial charge in [0.25, 0.3) is 0 Å². The standard InChI is InChI=1S/C25H33ClFN5O/c1-6-16-8-7-9-17-20(12-16)30-31-21(17)22-19(27)13-18(26)23(29-22)32-11-10-28-24(4,14-32)25(5,33)15(2)3/h7-9,13,15,28,33H,6,10-12,14H2,1-5H3,(H,30,31). The number of aliphatic hydroxyl groups is 1. The average Bonchev–Trinajstić information content (AvgIpc) is 3.03. The van der Waals surface area contributed by atoms with E-state index in [1.54, 1.807) is 0 Å². The fraction of sp³-hybridized carbons (Fsp3) is 0.520. The normalized spacial score (nSPS) is 22.7. The van der Waals surface area contributed by atoms with Crippen LogP contribution in [0.15, 0.2) is 23.8 Å². The van der Waals surface area contributed by atoms with Crippen molar-refractivity contribution in [1.29, 1.82) is 0 Å². The molecule has 2 atom stereocenters. The number of nitrogens with one attached hydrogen (secondary N) is 2. The first-order valence-corrected chi connectivity index (χ1v) is 12.0. The molecular weight excluding hydrogens is 441 g/mol. The van der Waals surface area contributed by atoms with Gasteiger partial charge in [-0.3, -0.25) is 5.10 Å². The molecule has 1 saturated heterocycles. The van der Waals surface area contributed by atoms with Gasteiger partial charge in [0.2, 0.25) is 0 Å². The first-order chi connectivity index (χ1) is 15.6. The second-order valence-electron chi connectivity index (χ2n) is 9.79. The molecule has 6 nitrogen and oxygen atoms in total. The molecule has 3 N–H and O–H groups in total. The second-order valence-corrected chi connectivity index (χ2v) is 10.2. The molecule has 0 bridgehead atoms. The van der Waals surface area contributed by atoms with Gasteiger partial charge in [0.05, 0.1) is 16.2 Å². The van der Waals surface area contributed by atoms with Gasteiger partial charge >= 0.3 is 0 Å². The third-order valence-corrected chi connectivity index (χ3v) is 7.69. The summed E-state index contributed by atoms with van der Waals surface area (Å²) in [5.41, 5.74) is 2.18. The van der Waals surface area contributed by atoms with E-state index in [0.29, 0.717) is 31.1 Å². The summed E-state index contributed by atoms with van der Waals surface area (Å²) in [5, 5.41) is 22.5. The summed E-state index contributed by atoms with van der Waals surface area (Å²) in [6.45, 7) is 11.8. The Kier molecular flexibility index (Phi) is 6.42. The van der Waals surface area contributed by atoms with Gasteiger partial charge in [0, 0.05) is 37.3 Å². The van der Waals surface area contributed by atoms with Crippen molar-refractivity contribution in [2.45, 2.75) is 58.6 Å². The summed E-state index contributed by atoms with van der Waals surface area (Å²) in [7, 11) is 0. The smallest absolute Gasteiger partial charge is 0.152 e. The minimum Gasteiger partial charge on any atom is -0.388 e. The van der Waals surface area contributed by atoms with Crippen molar-refractivity contribution in [3.63, 3.8) is 0 Å². The summed E-state index contributed by atoms with van der Waals surface area (Å²) in [4.78, 5) is 6.71. The van der Waals surface area contributed by atoms with E-state index < -0.39 is 17.0 Å². The van der Waals surface area contributed by atoms with Gasteiger partial charge in [-0.25, -0.2) is 9.37 Å². The van der Waals surface area contributed by atoms with Crippen LogP contribution in [0.5, 0.6) is 0 Å². The molecule has 0 amide bonds. The van der Waals surface area contributed by atoms with Gasteiger partial charge < -0.3 is 15.3 Å².